The van der Waals surface area contributed by atoms with Crippen molar-refractivity contribution in [3.63, 3.8) is 0 Å². The lowest BCUT2D eigenvalue weighted by molar-refractivity contribution is 0.552. The Labute approximate surface area is 124 Å². The van der Waals surface area contributed by atoms with Crippen LogP contribution in [-0.2, 0) is 6.42 Å². The lowest BCUT2D eigenvalue weighted by Gasteiger charge is -2.16. The lowest BCUT2D eigenvalue weighted by atomic mass is 10.00. The van der Waals surface area contributed by atoms with Gasteiger partial charge in [-0.25, -0.2) is 0 Å². The Morgan fingerprint density at radius 2 is 1.72 bits per heavy atom. The van der Waals surface area contributed by atoms with Gasteiger partial charge in [0.15, 0.2) is 0 Å². The third-order valence-corrected chi connectivity index (χ3v) is 3.82. The first-order valence-corrected chi connectivity index (χ1v) is 7.23. The van der Waals surface area contributed by atoms with Crippen LogP contribution in [0.1, 0.15) is 17.2 Å². The van der Waals surface area contributed by atoms with Gasteiger partial charge in [0.05, 0.1) is 0 Å². The second kappa shape index (κ2) is 6.48. The molecule has 2 aromatic carbocycles. The van der Waals surface area contributed by atoms with Crippen LogP contribution in [0.25, 0.3) is 0 Å². The van der Waals surface area contributed by atoms with Crippen LogP contribution in [0.15, 0.2) is 57.5 Å². The molecule has 3 N–H and O–H groups in total. The number of rotatable bonds is 4. The molecule has 0 fully saturated rings. The Hall–Kier alpha value is -0.680. The lowest BCUT2D eigenvalue weighted by Crippen LogP contribution is -2.29. The summed E-state index contributed by atoms with van der Waals surface area (Å²) < 4.78 is 2.16. The number of benzene rings is 2. The van der Waals surface area contributed by atoms with E-state index in [1.165, 1.54) is 11.1 Å². The molecular formula is C14H14Br2N2. The molecule has 0 heterocycles. The zero-order chi connectivity index (χ0) is 13.0. The Kier molecular flexibility index (Phi) is 4.95. The molecule has 1 atom stereocenters. The first-order chi connectivity index (χ1) is 8.69. The second-order valence-electron chi connectivity index (χ2n) is 4.10. The number of halogens is 2. The normalized spacial score (nSPS) is 12.4. The summed E-state index contributed by atoms with van der Waals surface area (Å²) in [6.45, 7) is 0. The van der Waals surface area contributed by atoms with E-state index in [1.807, 2.05) is 24.3 Å². The molecule has 0 saturated heterocycles. The van der Waals surface area contributed by atoms with Gasteiger partial charge in [0.25, 0.3) is 0 Å². The van der Waals surface area contributed by atoms with Gasteiger partial charge in [0, 0.05) is 15.0 Å². The number of nitrogens with two attached hydrogens (primary N) is 1. The summed E-state index contributed by atoms with van der Waals surface area (Å²) in [4.78, 5) is 0. The van der Waals surface area contributed by atoms with Crippen molar-refractivity contribution < 1.29 is 0 Å². The smallest absolute Gasteiger partial charge is 0.0500 e. The van der Waals surface area contributed by atoms with E-state index in [0.29, 0.717) is 0 Å². The molecule has 0 aliphatic heterocycles. The Bertz CT molecular complexity index is 511. The van der Waals surface area contributed by atoms with E-state index < -0.39 is 0 Å². The largest absolute Gasteiger partial charge is 0.271 e. The minimum Gasteiger partial charge on any atom is -0.271 e. The Balaban J connectivity index is 2.17. The van der Waals surface area contributed by atoms with Crippen molar-refractivity contribution in [2.24, 2.45) is 5.84 Å². The molecule has 18 heavy (non-hydrogen) atoms. The molecule has 2 aromatic rings. The number of nitrogens with one attached hydrogen (secondary N) is 1. The SMILES string of the molecule is NNC(Cc1cccc(Br)c1)c1ccc(Br)cc1. The van der Waals surface area contributed by atoms with Crippen molar-refractivity contribution in [2.75, 3.05) is 0 Å². The second-order valence-corrected chi connectivity index (χ2v) is 5.94. The average Bonchev–Trinajstić information content (AvgIpc) is 2.37. The minimum atomic E-state index is 0.118. The van der Waals surface area contributed by atoms with E-state index in [0.717, 1.165) is 15.4 Å². The van der Waals surface area contributed by atoms with E-state index in [4.69, 9.17) is 5.84 Å². The summed E-state index contributed by atoms with van der Waals surface area (Å²) in [7, 11) is 0. The van der Waals surface area contributed by atoms with Crippen molar-refractivity contribution in [2.45, 2.75) is 12.5 Å². The van der Waals surface area contributed by atoms with Crippen LogP contribution in [0.2, 0.25) is 0 Å². The van der Waals surface area contributed by atoms with Gasteiger partial charge in [0.2, 0.25) is 0 Å². The first kappa shape index (κ1) is 13.7. The number of hydrogen-bond acceptors (Lipinski definition) is 2. The highest BCUT2D eigenvalue weighted by Crippen LogP contribution is 2.21. The zero-order valence-electron chi connectivity index (χ0n) is 9.74. The first-order valence-electron chi connectivity index (χ1n) is 5.65. The number of hydrazine groups is 1. The summed E-state index contributed by atoms with van der Waals surface area (Å²) in [6, 6.07) is 16.6. The van der Waals surface area contributed by atoms with Crippen molar-refractivity contribution in [3.8, 4) is 0 Å². The van der Waals surface area contributed by atoms with Crippen LogP contribution < -0.4 is 11.3 Å². The topological polar surface area (TPSA) is 38.0 Å². The molecule has 0 radical (unpaired) electrons. The van der Waals surface area contributed by atoms with Gasteiger partial charge in [0.1, 0.15) is 0 Å². The molecule has 94 valence electrons. The molecule has 0 saturated carbocycles. The number of hydrogen-bond donors (Lipinski definition) is 2. The summed E-state index contributed by atoms with van der Waals surface area (Å²) in [5.74, 6) is 5.66. The molecule has 4 heteroatoms. The third-order valence-electron chi connectivity index (χ3n) is 2.80. The van der Waals surface area contributed by atoms with Crippen LogP contribution in [-0.4, -0.2) is 0 Å². The van der Waals surface area contributed by atoms with Gasteiger partial charge >= 0.3 is 0 Å². The van der Waals surface area contributed by atoms with Gasteiger partial charge in [-0.1, -0.05) is 56.1 Å². The van der Waals surface area contributed by atoms with Gasteiger partial charge in [-0.2, -0.15) is 0 Å². The van der Waals surface area contributed by atoms with Crippen LogP contribution in [0.3, 0.4) is 0 Å². The van der Waals surface area contributed by atoms with Gasteiger partial charge in [-0.05, 0) is 41.8 Å². The van der Waals surface area contributed by atoms with Gasteiger partial charge in [-0.15, -0.1) is 0 Å². The maximum absolute atomic E-state index is 5.66. The molecule has 0 aromatic heterocycles. The molecule has 2 nitrogen and oxygen atoms in total. The average molecular weight is 370 g/mol. The highest BCUT2D eigenvalue weighted by Gasteiger charge is 2.10. The predicted molar refractivity (Wildman–Crippen MR) is 82.1 cm³/mol. The maximum Gasteiger partial charge on any atom is 0.0500 e. The van der Waals surface area contributed by atoms with Gasteiger partial charge in [-0.3, -0.25) is 11.3 Å². The summed E-state index contributed by atoms with van der Waals surface area (Å²) in [5.41, 5.74) is 5.30. The predicted octanol–water partition coefficient (Wildman–Crippen LogP) is 3.96. The highest BCUT2D eigenvalue weighted by molar-refractivity contribution is 9.10. The molecule has 1 unspecified atom stereocenters. The van der Waals surface area contributed by atoms with E-state index in [9.17, 15) is 0 Å². The highest BCUT2D eigenvalue weighted by atomic mass is 79.9. The fourth-order valence-corrected chi connectivity index (χ4v) is 2.58. The zero-order valence-corrected chi connectivity index (χ0v) is 12.9. The minimum absolute atomic E-state index is 0.118. The van der Waals surface area contributed by atoms with Gasteiger partial charge < -0.3 is 0 Å². The van der Waals surface area contributed by atoms with Crippen LogP contribution in [0.4, 0.5) is 0 Å². The third kappa shape index (κ3) is 3.65. The molecule has 0 aliphatic carbocycles. The summed E-state index contributed by atoms with van der Waals surface area (Å²) in [6.07, 6.45) is 0.859. The van der Waals surface area contributed by atoms with E-state index in [2.05, 4.69) is 61.6 Å². The van der Waals surface area contributed by atoms with E-state index in [1.54, 1.807) is 0 Å². The van der Waals surface area contributed by atoms with E-state index >= 15 is 0 Å². The molecule has 0 bridgehead atoms. The molecule has 0 aliphatic rings. The molecule has 2 rings (SSSR count). The maximum atomic E-state index is 5.66. The monoisotopic (exact) mass is 368 g/mol. The Morgan fingerprint density at radius 1 is 1.00 bits per heavy atom. The fourth-order valence-electron chi connectivity index (χ4n) is 1.87. The van der Waals surface area contributed by atoms with Crippen LogP contribution in [0, 0.1) is 0 Å². The quantitative estimate of drug-likeness (QED) is 0.632. The Morgan fingerprint density at radius 3 is 2.33 bits per heavy atom. The van der Waals surface area contributed by atoms with E-state index in [-0.39, 0.29) is 6.04 Å². The van der Waals surface area contributed by atoms with Crippen molar-refractivity contribution in [1.82, 2.24) is 5.43 Å². The van der Waals surface area contributed by atoms with Crippen LogP contribution >= 0.6 is 31.9 Å². The molecular weight excluding hydrogens is 356 g/mol. The summed E-state index contributed by atoms with van der Waals surface area (Å²) >= 11 is 6.92. The fraction of sp³-hybridized carbons (Fsp3) is 0.143. The van der Waals surface area contributed by atoms with Crippen LogP contribution in [0.5, 0.6) is 0 Å². The molecule has 0 amide bonds. The standard InChI is InChI=1S/C14H14Br2N2/c15-12-6-4-11(5-7-12)14(18-17)9-10-2-1-3-13(16)8-10/h1-8,14,18H,9,17H2. The van der Waals surface area contributed by atoms with Crippen molar-refractivity contribution in [1.29, 1.82) is 0 Å². The molecule has 0 spiro atoms. The summed E-state index contributed by atoms with van der Waals surface area (Å²) in [5, 5.41) is 0. The van der Waals surface area contributed by atoms with Crippen molar-refractivity contribution >= 4 is 31.9 Å². The van der Waals surface area contributed by atoms with Crippen molar-refractivity contribution in [3.05, 3.63) is 68.6 Å².